The fourth-order valence-corrected chi connectivity index (χ4v) is 3.27. The van der Waals surface area contributed by atoms with Crippen LogP contribution in [0.1, 0.15) is 23.6 Å². The van der Waals surface area contributed by atoms with E-state index in [2.05, 4.69) is 15.9 Å². The van der Waals surface area contributed by atoms with E-state index >= 15 is 0 Å². The third-order valence-corrected chi connectivity index (χ3v) is 4.75. The largest absolute Gasteiger partial charge is 0.492 e. The first-order valence-corrected chi connectivity index (χ1v) is 9.04. The summed E-state index contributed by atoms with van der Waals surface area (Å²) in [7, 11) is 1.59. The Kier molecular flexibility index (Phi) is 7.85. The van der Waals surface area contributed by atoms with Gasteiger partial charge < -0.3 is 14.2 Å². The van der Waals surface area contributed by atoms with Gasteiger partial charge in [-0.15, -0.1) is 0 Å². The molecule has 0 aliphatic carbocycles. The molecule has 0 unspecified atom stereocenters. The average Bonchev–Trinajstić information content (AvgIpc) is 2.55. The van der Waals surface area contributed by atoms with Crippen LogP contribution in [-0.2, 0) is 22.5 Å². The minimum Gasteiger partial charge on any atom is -0.492 e. The van der Waals surface area contributed by atoms with Crippen LogP contribution in [0.3, 0.4) is 0 Å². The van der Waals surface area contributed by atoms with Crippen molar-refractivity contribution < 1.29 is 14.2 Å². The van der Waals surface area contributed by atoms with Gasteiger partial charge in [-0.1, -0.05) is 45.2 Å². The highest BCUT2D eigenvalue weighted by Gasteiger charge is 2.10. The predicted molar refractivity (Wildman–Crippen MR) is 101 cm³/mol. The summed E-state index contributed by atoms with van der Waals surface area (Å²) in [4.78, 5) is 0. The zero-order chi connectivity index (χ0) is 17.5. The van der Waals surface area contributed by atoms with Crippen molar-refractivity contribution in [3.05, 3.63) is 61.5 Å². The Hall–Kier alpha value is -0.780. The van der Waals surface area contributed by atoms with Gasteiger partial charge in [0.15, 0.2) is 0 Å². The van der Waals surface area contributed by atoms with Gasteiger partial charge in [0.05, 0.1) is 18.2 Å². The van der Waals surface area contributed by atoms with Crippen LogP contribution in [0, 0.1) is 0 Å². The molecule has 0 atom stereocenters. The Balaban J connectivity index is 2.15. The van der Waals surface area contributed by atoms with E-state index in [1.54, 1.807) is 7.11 Å². The summed E-state index contributed by atoms with van der Waals surface area (Å²) in [5.41, 5.74) is 3.06. The fourth-order valence-electron chi connectivity index (χ4n) is 2.26. The summed E-state index contributed by atoms with van der Waals surface area (Å²) in [6.07, 6.45) is 0.683. The number of hydrogen-bond donors (Lipinski definition) is 0. The highest BCUT2D eigenvalue weighted by Crippen LogP contribution is 2.30. The number of rotatable bonds is 8. The van der Waals surface area contributed by atoms with Crippen LogP contribution in [0.2, 0.25) is 10.0 Å². The number of halogens is 3. The molecule has 0 amide bonds. The second-order valence-electron chi connectivity index (χ2n) is 5.16. The van der Waals surface area contributed by atoms with Crippen molar-refractivity contribution >= 4 is 39.1 Å². The molecule has 3 nitrogen and oxygen atoms in total. The van der Waals surface area contributed by atoms with Gasteiger partial charge in [0.1, 0.15) is 12.5 Å². The van der Waals surface area contributed by atoms with Crippen molar-refractivity contribution in [3.8, 4) is 5.75 Å². The second kappa shape index (κ2) is 9.64. The molecular formula is C18H19BrCl2O3. The molecule has 0 bridgehead atoms. The van der Waals surface area contributed by atoms with E-state index in [4.69, 9.17) is 37.4 Å². The molecule has 0 aliphatic rings. The van der Waals surface area contributed by atoms with E-state index < -0.39 is 0 Å². The predicted octanol–water partition coefficient (Wildman–Crippen LogP) is 5.87. The summed E-state index contributed by atoms with van der Waals surface area (Å²) in [6, 6.07) is 9.71. The summed E-state index contributed by atoms with van der Waals surface area (Å²) in [6.45, 7) is 3.20. The molecule has 0 saturated carbocycles. The van der Waals surface area contributed by atoms with Crippen molar-refractivity contribution in [2.75, 3.05) is 20.5 Å². The van der Waals surface area contributed by atoms with E-state index in [-0.39, 0.29) is 6.79 Å². The average molecular weight is 434 g/mol. The smallest absolute Gasteiger partial charge is 0.146 e. The Labute approximate surface area is 160 Å². The molecule has 0 aliphatic heterocycles. The summed E-state index contributed by atoms with van der Waals surface area (Å²) >= 11 is 16.2. The van der Waals surface area contributed by atoms with Gasteiger partial charge >= 0.3 is 0 Å². The quantitative estimate of drug-likeness (QED) is 0.385. The van der Waals surface area contributed by atoms with Gasteiger partial charge in [-0.25, -0.2) is 0 Å². The molecule has 2 rings (SSSR count). The lowest BCUT2D eigenvalue weighted by Gasteiger charge is -2.12. The van der Waals surface area contributed by atoms with Crippen molar-refractivity contribution in [2.24, 2.45) is 0 Å². The van der Waals surface area contributed by atoms with Gasteiger partial charge in [-0.05, 0) is 54.3 Å². The van der Waals surface area contributed by atoms with Crippen LogP contribution in [0.15, 0.2) is 34.8 Å². The minimum atomic E-state index is 0.247. The molecule has 0 spiro atoms. The standard InChI is InChI=1S/C18H19BrCl2O3/c1-3-24-18-5-4-12(7-17(18)21)6-13-8-15(19)14(9-16(13)20)10-23-11-22-2/h4-5,7-9H,3,6,10-11H2,1-2H3. The van der Waals surface area contributed by atoms with Crippen molar-refractivity contribution in [1.82, 2.24) is 0 Å². The molecule has 0 radical (unpaired) electrons. The van der Waals surface area contributed by atoms with Crippen LogP contribution in [0.5, 0.6) is 5.75 Å². The maximum absolute atomic E-state index is 6.42. The van der Waals surface area contributed by atoms with Gasteiger partial charge in [0, 0.05) is 16.6 Å². The first-order valence-electron chi connectivity index (χ1n) is 7.49. The Morgan fingerprint density at radius 3 is 2.50 bits per heavy atom. The summed E-state index contributed by atoms with van der Waals surface area (Å²) in [5, 5.41) is 1.30. The van der Waals surface area contributed by atoms with E-state index in [1.807, 2.05) is 37.3 Å². The number of benzene rings is 2. The summed E-state index contributed by atoms with van der Waals surface area (Å²) in [5.74, 6) is 0.695. The van der Waals surface area contributed by atoms with Crippen LogP contribution in [0.25, 0.3) is 0 Å². The Morgan fingerprint density at radius 2 is 1.83 bits per heavy atom. The SMILES string of the molecule is CCOc1ccc(Cc2cc(Br)c(COCOC)cc2Cl)cc1Cl. The Morgan fingerprint density at radius 1 is 1.04 bits per heavy atom. The van der Waals surface area contributed by atoms with Crippen molar-refractivity contribution in [1.29, 1.82) is 0 Å². The lowest BCUT2D eigenvalue weighted by molar-refractivity contribution is -0.0392. The topological polar surface area (TPSA) is 27.7 Å². The van der Waals surface area contributed by atoms with Crippen LogP contribution in [0.4, 0.5) is 0 Å². The van der Waals surface area contributed by atoms with Crippen LogP contribution in [-0.4, -0.2) is 20.5 Å². The van der Waals surface area contributed by atoms with E-state index in [9.17, 15) is 0 Å². The number of methoxy groups -OCH3 is 1. The maximum atomic E-state index is 6.42. The van der Waals surface area contributed by atoms with Crippen LogP contribution < -0.4 is 4.74 Å². The molecule has 6 heteroatoms. The fraction of sp³-hybridized carbons (Fsp3) is 0.333. The first kappa shape index (κ1) is 19.5. The third kappa shape index (κ3) is 5.36. The maximum Gasteiger partial charge on any atom is 0.146 e. The highest BCUT2D eigenvalue weighted by molar-refractivity contribution is 9.10. The monoisotopic (exact) mass is 432 g/mol. The van der Waals surface area contributed by atoms with Crippen molar-refractivity contribution in [3.63, 3.8) is 0 Å². The van der Waals surface area contributed by atoms with Gasteiger partial charge in [-0.2, -0.15) is 0 Å². The normalized spacial score (nSPS) is 10.9. The molecule has 2 aromatic rings. The minimum absolute atomic E-state index is 0.247. The third-order valence-electron chi connectivity index (χ3n) is 3.36. The van der Waals surface area contributed by atoms with Gasteiger partial charge in [0.2, 0.25) is 0 Å². The van der Waals surface area contributed by atoms with E-state index in [1.165, 1.54) is 0 Å². The lowest BCUT2D eigenvalue weighted by Crippen LogP contribution is -1.99. The Bertz CT molecular complexity index is 692. The molecule has 0 saturated heterocycles. The molecule has 0 aromatic heterocycles. The second-order valence-corrected chi connectivity index (χ2v) is 6.83. The molecule has 0 fully saturated rings. The van der Waals surface area contributed by atoms with Gasteiger partial charge in [0.25, 0.3) is 0 Å². The van der Waals surface area contributed by atoms with Gasteiger partial charge in [-0.3, -0.25) is 0 Å². The molecule has 0 heterocycles. The van der Waals surface area contributed by atoms with E-state index in [0.29, 0.717) is 35.4 Å². The molecular weight excluding hydrogens is 415 g/mol. The first-order chi connectivity index (χ1) is 11.5. The molecule has 0 N–H and O–H groups in total. The molecule has 24 heavy (non-hydrogen) atoms. The molecule has 2 aromatic carbocycles. The summed E-state index contributed by atoms with van der Waals surface area (Å²) < 4.78 is 16.7. The zero-order valence-corrected chi connectivity index (χ0v) is 16.7. The van der Waals surface area contributed by atoms with Crippen molar-refractivity contribution in [2.45, 2.75) is 20.0 Å². The van der Waals surface area contributed by atoms with Crippen LogP contribution >= 0.6 is 39.1 Å². The highest BCUT2D eigenvalue weighted by atomic mass is 79.9. The number of hydrogen-bond acceptors (Lipinski definition) is 3. The van der Waals surface area contributed by atoms with E-state index in [0.717, 1.165) is 21.2 Å². The molecule has 130 valence electrons. The zero-order valence-electron chi connectivity index (χ0n) is 13.6. The number of ether oxygens (including phenoxy) is 3. The lowest BCUT2D eigenvalue weighted by atomic mass is 10.0.